The standard InChI is InChI=1S/C22H19ClN4S2/c23-18-10-8-17(9-11-18)21-24-19(13-28-21)14-29-22-26-25-20(16-6-7-16)27(22)12-15-4-2-1-3-5-15/h1-5,8-11,13,16H,6-7,12,14H2. The maximum atomic E-state index is 5.99. The summed E-state index contributed by atoms with van der Waals surface area (Å²) in [5.74, 6) is 2.47. The second-order valence-corrected chi connectivity index (χ2v) is 9.36. The normalized spacial score (nSPS) is 13.7. The third kappa shape index (κ3) is 4.39. The summed E-state index contributed by atoms with van der Waals surface area (Å²) in [5, 5.41) is 13.9. The smallest absolute Gasteiger partial charge is 0.191 e. The summed E-state index contributed by atoms with van der Waals surface area (Å²) in [6.07, 6.45) is 2.43. The van der Waals surface area contributed by atoms with Crippen LogP contribution in [0.25, 0.3) is 10.6 Å². The predicted molar refractivity (Wildman–Crippen MR) is 120 cm³/mol. The maximum Gasteiger partial charge on any atom is 0.191 e. The number of thiazole rings is 1. The van der Waals surface area contributed by atoms with Crippen LogP contribution in [0.2, 0.25) is 5.02 Å². The van der Waals surface area contributed by atoms with Gasteiger partial charge >= 0.3 is 0 Å². The van der Waals surface area contributed by atoms with Gasteiger partial charge in [0.15, 0.2) is 5.16 Å². The van der Waals surface area contributed by atoms with Crippen molar-refractivity contribution in [1.82, 2.24) is 19.7 Å². The molecule has 0 saturated heterocycles. The van der Waals surface area contributed by atoms with Crippen LogP contribution < -0.4 is 0 Å². The van der Waals surface area contributed by atoms with E-state index in [1.165, 1.54) is 18.4 Å². The SMILES string of the molecule is Clc1ccc(-c2nc(CSc3nnc(C4CC4)n3Cc3ccccc3)cs2)cc1. The Morgan fingerprint density at radius 1 is 1.03 bits per heavy atom. The quantitative estimate of drug-likeness (QED) is 0.319. The van der Waals surface area contributed by atoms with E-state index in [9.17, 15) is 0 Å². The molecule has 7 heteroatoms. The highest BCUT2D eigenvalue weighted by Crippen LogP contribution is 2.40. The molecular formula is C22H19ClN4S2. The van der Waals surface area contributed by atoms with Gasteiger partial charge in [-0.15, -0.1) is 21.5 Å². The van der Waals surface area contributed by atoms with E-state index >= 15 is 0 Å². The minimum Gasteiger partial charge on any atom is -0.301 e. The Bertz CT molecular complexity index is 1100. The molecule has 0 bridgehead atoms. The Kier molecular flexibility index (Phi) is 5.40. The van der Waals surface area contributed by atoms with E-state index in [2.05, 4.69) is 44.4 Å². The lowest BCUT2D eigenvalue weighted by Crippen LogP contribution is -2.06. The summed E-state index contributed by atoms with van der Waals surface area (Å²) < 4.78 is 2.28. The molecule has 1 fully saturated rings. The summed E-state index contributed by atoms with van der Waals surface area (Å²) in [4.78, 5) is 4.79. The van der Waals surface area contributed by atoms with Crippen LogP contribution in [0.1, 0.15) is 35.8 Å². The fraction of sp³-hybridized carbons (Fsp3) is 0.227. The molecule has 1 saturated carbocycles. The second kappa shape index (κ2) is 8.30. The fourth-order valence-corrected chi connectivity index (χ4v) is 5.10. The Labute approximate surface area is 183 Å². The zero-order valence-electron chi connectivity index (χ0n) is 15.7. The molecule has 146 valence electrons. The van der Waals surface area contributed by atoms with E-state index in [-0.39, 0.29) is 0 Å². The summed E-state index contributed by atoms with van der Waals surface area (Å²) in [5.41, 5.74) is 3.43. The van der Waals surface area contributed by atoms with Crippen molar-refractivity contribution >= 4 is 34.7 Å². The third-order valence-electron chi connectivity index (χ3n) is 4.86. The number of aromatic nitrogens is 4. The van der Waals surface area contributed by atoms with Gasteiger partial charge < -0.3 is 4.57 Å². The van der Waals surface area contributed by atoms with Gasteiger partial charge in [-0.2, -0.15) is 0 Å². The molecule has 4 nitrogen and oxygen atoms in total. The van der Waals surface area contributed by atoms with Crippen molar-refractivity contribution in [2.24, 2.45) is 0 Å². The monoisotopic (exact) mass is 438 g/mol. The van der Waals surface area contributed by atoms with Crippen LogP contribution in [-0.4, -0.2) is 19.7 Å². The minimum absolute atomic E-state index is 0.566. The number of hydrogen-bond donors (Lipinski definition) is 0. The van der Waals surface area contributed by atoms with Gasteiger partial charge in [-0.25, -0.2) is 4.98 Å². The first-order valence-electron chi connectivity index (χ1n) is 9.56. The third-order valence-corrected chi connectivity index (χ3v) is 7.06. The molecule has 2 aromatic heterocycles. The van der Waals surface area contributed by atoms with Crippen molar-refractivity contribution in [3.8, 4) is 10.6 Å². The van der Waals surface area contributed by atoms with Crippen LogP contribution in [0.15, 0.2) is 65.1 Å². The fourth-order valence-electron chi connectivity index (χ4n) is 3.20. The zero-order chi connectivity index (χ0) is 19.6. The first-order valence-corrected chi connectivity index (χ1v) is 11.8. The van der Waals surface area contributed by atoms with Gasteiger partial charge in [-0.1, -0.05) is 65.8 Å². The molecular weight excluding hydrogens is 420 g/mol. The molecule has 1 aliphatic carbocycles. The van der Waals surface area contributed by atoms with Crippen LogP contribution in [0.4, 0.5) is 0 Å². The number of benzene rings is 2. The molecule has 0 spiro atoms. The van der Waals surface area contributed by atoms with Gasteiger partial charge in [0.05, 0.1) is 12.2 Å². The molecule has 0 unspecified atom stereocenters. The van der Waals surface area contributed by atoms with E-state index in [1.807, 2.05) is 30.3 Å². The summed E-state index contributed by atoms with van der Waals surface area (Å²) in [7, 11) is 0. The van der Waals surface area contributed by atoms with Crippen LogP contribution in [0.3, 0.4) is 0 Å². The van der Waals surface area contributed by atoms with Crippen molar-refractivity contribution in [3.63, 3.8) is 0 Å². The van der Waals surface area contributed by atoms with Crippen molar-refractivity contribution in [2.45, 2.75) is 36.2 Å². The van der Waals surface area contributed by atoms with E-state index in [4.69, 9.17) is 16.6 Å². The van der Waals surface area contributed by atoms with Crippen LogP contribution >= 0.6 is 34.7 Å². The average molecular weight is 439 g/mol. The predicted octanol–water partition coefficient (Wildman–Crippen LogP) is 6.27. The van der Waals surface area contributed by atoms with Crippen LogP contribution in [0.5, 0.6) is 0 Å². The number of hydrogen-bond acceptors (Lipinski definition) is 5. The summed E-state index contributed by atoms with van der Waals surface area (Å²) >= 11 is 9.36. The van der Waals surface area contributed by atoms with Crippen molar-refractivity contribution in [3.05, 3.63) is 82.1 Å². The van der Waals surface area contributed by atoms with Gasteiger partial charge in [0, 0.05) is 27.6 Å². The van der Waals surface area contributed by atoms with Crippen LogP contribution in [0, 0.1) is 0 Å². The lowest BCUT2D eigenvalue weighted by Gasteiger charge is -2.09. The van der Waals surface area contributed by atoms with Gasteiger partial charge in [-0.05, 0) is 30.5 Å². The Morgan fingerprint density at radius 3 is 2.59 bits per heavy atom. The molecule has 0 atom stereocenters. The number of rotatable bonds is 7. The minimum atomic E-state index is 0.566. The van der Waals surface area contributed by atoms with E-state index < -0.39 is 0 Å². The van der Waals surface area contributed by atoms with Gasteiger partial charge in [0.2, 0.25) is 0 Å². The van der Waals surface area contributed by atoms with E-state index in [1.54, 1.807) is 23.1 Å². The second-order valence-electron chi connectivity index (χ2n) is 7.13. The molecule has 5 rings (SSSR count). The Hall–Kier alpha value is -2.15. The molecule has 0 aliphatic heterocycles. The summed E-state index contributed by atoms with van der Waals surface area (Å²) in [6, 6.07) is 18.3. The highest BCUT2D eigenvalue weighted by Gasteiger charge is 2.30. The molecule has 2 heterocycles. The van der Waals surface area contributed by atoms with Crippen molar-refractivity contribution in [2.75, 3.05) is 0 Å². The first kappa shape index (κ1) is 18.9. The molecule has 2 aromatic carbocycles. The lowest BCUT2D eigenvalue weighted by molar-refractivity contribution is 0.667. The molecule has 0 amide bonds. The lowest BCUT2D eigenvalue weighted by atomic mass is 10.2. The zero-order valence-corrected chi connectivity index (χ0v) is 18.1. The Morgan fingerprint density at radius 2 is 1.83 bits per heavy atom. The summed E-state index contributed by atoms with van der Waals surface area (Å²) in [6.45, 7) is 0.815. The van der Waals surface area contributed by atoms with Crippen molar-refractivity contribution in [1.29, 1.82) is 0 Å². The average Bonchev–Trinajstić information content (AvgIpc) is 3.35. The number of halogens is 1. The van der Waals surface area contributed by atoms with Gasteiger partial charge in [0.25, 0.3) is 0 Å². The van der Waals surface area contributed by atoms with Crippen LogP contribution in [-0.2, 0) is 12.3 Å². The van der Waals surface area contributed by atoms with E-state index in [0.717, 1.165) is 44.6 Å². The Balaban J connectivity index is 1.33. The topological polar surface area (TPSA) is 43.6 Å². The number of thioether (sulfide) groups is 1. The largest absolute Gasteiger partial charge is 0.301 e. The van der Waals surface area contributed by atoms with E-state index in [0.29, 0.717) is 5.92 Å². The first-order chi connectivity index (χ1) is 14.3. The molecule has 29 heavy (non-hydrogen) atoms. The molecule has 0 N–H and O–H groups in total. The van der Waals surface area contributed by atoms with Gasteiger partial charge in [0.1, 0.15) is 10.8 Å². The van der Waals surface area contributed by atoms with Gasteiger partial charge in [-0.3, -0.25) is 0 Å². The molecule has 0 radical (unpaired) electrons. The maximum absolute atomic E-state index is 5.99. The molecule has 4 aromatic rings. The van der Waals surface area contributed by atoms with Crippen molar-refractivity contribution < 1.29 is 0 Å². The number of nitrogens with zero attached hydrogens (tertiary/aromatic N) is 4. The molecule has 1 aliphatic rings. The highest BCUT2D eigenvalue weighted by atomic mass is 35.5. The highest BCUT2D eigenvalue weighted by molar-refractivity contribution is 7.98.